The standard InChI is InChI=1S/C9H16N4/c1-3-4-13(2)9-11-6-8(5-10)7-12-9/h6-7H,3-5,10H2,1-2H3. The van der Waals surface area contributed by atoms with Crippen LogP contribution in [0.1, 0.15) is 18.9 Å². The summed E-state index contributed by atoms with van der Waals surface area (Å²) in [5.74, 6) is 0.763. The smallest absolute Gasteiger partial charge is 0.224 e. The molecule has 0 unspecified atom stereocenters. The van der Waals surface area contributed by atoms with Crippen molar-refractivity contribution in [2.24, 2.45) is 5.73 Å². The summed E-state index contributed by atoms with van der Waals surface area (Å²) in [5.41, 5.74) is 6.41. The lowest BCUT2D eigenvalue weighted by Crippen LogP contribution is -2.20. The zero-order chi connectivity index (χ0) is 9.68. The lowest BCUT2D eigenvalue weighted by molar-refractivity contribution is 0.814. The van der Waals surface area contributed by atoms with E-state index in [1.807, 2.05) is 11.9 Å². The topological polar surface area (TPSA) is 55.0 Å². The van der Waals surface area contributed by atoms with E-state index in [0.717, 1.165) is 24.5 Å². The second-order valence-electron chi connectivity index (χ2n) is 3.02. The molecule has 0 saturated carbocycles. The van der Waals surface area contributed by atoms with Gasteiger partial charge in [-0.3, -0.25) is 0 Å². The van der Waals surface area contributed by atoms with Crippen molar-refractivity contribution < 1.29 is 0 Å². The fourth-order valence-electron chi connectivity index (χ4n) is 1.09. The molecule has 0 atom stereocenters. The number of aromatic nitrogens is 2. The van der Waals surface area contributed by atoms with Gasteiger partial charge in [0.2, 0.25) is 5.95 Å². The average Bonchev–Trinajstić information content (AvgIpc) is 2.18. The van der Waals surface area contributed by atoms with Gasteiger partial charge in [0.1, 0.15) is 0 Å². The molecule has 1 aromatic rings. The number of hydrogen-bond donors (Lipinski definition) is 1. The van der Waals surface area contributed by atoms with Crippen molar-refractivity contribution in [1.29, 1.82) is 0 Å². The van der Waals surface area contributed by atoms with Crippen molar-refractivity contribution in [3.8, 4) is 0 Å². The largest absolute Gasteiger partial charge is 0.344 e. The summed E-state index contributed by atoms with van der Waals surface area (Å²) in [4.78, 5) is 10.4. The number of nitrogens with zero attached hydrogens (tertiary/aromatic N) is 3. The Morgan fingerprint density at radius 3 is 2.46 bits per heavy atom. The van der Waals surface area contributed by atoms with Crippen LogP contribution in [0, 0.1) is 0 Å². The molecule has 0 fully saturated rings. The summed E-state index contributed by atoms with van der Waals surface area (Å²) in [6.45, 7) is 3.60. The Morgan fingerprint density at radius 1 is 1.38 bits per heavy atom. The van der Waals surface area contributed by atoms with Crippen LogP contribution < -0.4 is 10.6 Å². The Balaban J connectivity index is 2.67. The zero-order valence-electron chi connectivity index (χ0n) is 8.20. The van der Waals surface area contributed by atoms with Gasteiger partial charge in [-0.15, -0.1) is 0 Å². The molecule has 0 aliphatic heterocycles. The van der Waals surface area contributed by atoms with Crippen LogP contribution in [0.4, 0.5) is 5.95 Å². The van der Waals surface area contributed by atoms with Crippen LogP contribution in [0.15, 0.2) is 12.4 Å². The fourth-order valence-corrected chi connectivity index (χ4v) is 1.09. The van der Waals surface area contributed by atoms with Crippen LogP contribution in [0.25, 0.3) is 0 Å². The van der Waals surface area contributed by atoms with Gasteiger partial charge in [0.25, 0.3) is 0 Å². The van der Waals surface area contributed by atoms with E-state index in [2.05, 4.69) is 16.9 Å². The van der Waals surface area contributed by atoms with Gasteiger partial charge in [0.05, 0.1) is 0 Å². The Labute approximate surface area is 78.8 Å². The number of nitrogens with two attached hydrogens (primary N) is 1. The van der Waals surface area contributed by atoms with Crippen molar-refractivity contribution in [2.45, 2.75) is 19.9 Å². The molecule has 1 aromatic heterocycles. The van der Waals surface area contributed by atoms with Crippen molar-refractivity contribution >= 4 is 5.95 Å². The van der Waals surface area contributed by atoms with Gasteiger partial charge in [-0.25, -0.2) is 9.97 Å². The predicted molar refractivity (Wildman–Crippen MR) is 53.5 cm³/mol. The minimum absolute atomic E-state index is 0.498. The second kappa shape index (κ2) is 4.77. The first-order valence-corrected chi connectivity index (χ1v) is 4.50. The molecule has 4 nitrogen and oxygen atoms in total. The van der Waals surface area contributed by atoms with Crippen LogP contribution in [0.2, 0.25) is 0 Å². The fraction of sp³-hybridized carbons (Fsp3) is 0.556. The van der Waals surface area contributed by atoms with E-state index < -0.39 is 0 Å². The second-order valence-corrected chi connectivity index (χ2v) is 3.02. The molecule has 0 aliphatic rings. The van der Waals surface area contributed by atoms with Gasteiger partial charge < -0.3 is 10.6 Å². The maximum Gasteiger partial charge on any atom is 0.224 e. The van der Waals surface area contributed by atoms with Crippen LogP contribution in [0.5, 0.6) is 0 Å². The minimum atomic E-state index is 0.498. The van der Waals surface area contributed by atoms with Crippen LogP contribution in [0.3, 0.4) is 0 Å². The van der Waals surface area contributed by atoms with Crippen molar-refractivity contribution in [2.75, 3.05) is 18.5 Å². The maximum atomic E-state index is 5.44. The maximum absolute atomic E-state index is 5.44. The lowest BCUT2D eigenvalue weighted by Gasteiger charge is -2.15. The third-order valence-corrected chi connectivity index (χ3v) is 1.83. The molecule has 0 bridgehead atoms. The summed E-state index contributed by atoms with van der Waals surface area (Å²) in [7, 11) is 1.99. The third-order valence-electron chi connectivity index (χ3n) is 1.83. The van der Waals surface area contributed by atoms with E-state index in [1.165, 1.54) is 0 Å². The van der Waals surface area contributed by atoms with Crippen LogP contribution in [-0.4, -0.2) is 23.6 Å². The molecule has 0 aromatic carbocycles. The molecule has 0 saturated heterocycles. The van der Waals surface area contributed by atoms with E-state index in [4.69, 9.17) is 5.73 Å². The van der Waals surface area contributed by atoms with E-state index in [1.54, 1.807) is 12.4 Å². The molecule has 2 N–H and O–H groups in total. The van der Waals surface area contributed by atoms with Gasteiger partial charge in [-0.1, -0.05) is 6.92 Å². The molecule has 1 rings (SSSR count). The molecule has 1 heterocycles. The lowest BCUT2D eigenvalue weighted by atomic mass is 10.3. The minimum Gasteiger partial charge on any atom is -0.344 e. The van der Waals surface area contributed by atoms with E-state index in [0.29, 0.717) is 6.54 Å². The van der Waals surface area contributed by atoms with Crippen molar-refractivity contribution in [3.05, 3.63) is 18.0 Å². The molecule has 0 amide bonds. The SMILES string of the molecule is CCCN(C)c1ncc(CN)cn1. The first-order valence-electron chi connectivity index (χ1n) is 4.50. The molecule has 0 aliphatic carbocycles. The quantitative estimate of drug-likeness (QED) is 0.744. The normalized spacial score (nSPS) is 10.1. The van der Waals surface area contributed by atoms with Gasteiger partial charge in [-0.05, 0) is 6.42 Å². The molecule has 72 valence electrons. The first kappa shape index (κ1) is 9.92. The average molecular weight is 180 g/mol. The van der Waals surface area contributed by atoms with E-state index in [-0.39, 0.29) is 0 Å². The molecule has 0 radical (unpaired) electrons. The van der Waals surface area contributed by atoms with Gasteiger partial charge >= 0.3 is 0 Å². The first-order chi connectivity index (χ1) is 6.27. The van der Waals surface area contributed by atoms with Crippen LogP contribution >= 0.6 is 0 Å². The zero-order valence-corrected chi connectivity index (χ0v) is 8.20. The van der Waals surface area contributed by atoms with Gasteiger partial charge in [0, 0.05) is 38.1 Å². The van der Waals surface area contributed by atoms with Crippen molar-refractivity contribution in [1.82, 2.24) is 9.97 Å². The molecular weight excluding hydrogens is 164 g/mol. The summed E-state index contributed by atoms with van der Waals surface area (Å²) in [6, 6.07) is 0. The highest BCUT2D eigenvalue weighted by Gasteiger charge is 2.01. The Bertz CT molecular complexity index is 244. The summed E-state index contributed by atoms with van der Waals surface area (Å²) >= 11 is 0. The molecule has 0 spiro atoms. The molecule has 13 heavy (non-hydrogen) atoms. The number of anilines is 1. The monoisotopic (exact) mass is 180 g/mol. The molecular formula is C9H16N4. The molecule has 4 heteroatoms. The van der Waals surface area contributed by atoms with Gasteiger partial charge in [-0.2, -0.15) is 0 Å². The van der Waals surface area contributed by atoms with Crippen LogP contribution in [-0.2, 0) is 6.54 Å². The predicted octanol–water partition coefficient (Wildman–Crippen LogP) is 0.781. The Hall–Kier alpha value is -1.16. The van der Waals surface area contributed by atoms with Gasteiger partial charge in [0.15, 0.2) is 0 Å². The number of hydrogen-bond acceptors (Lipinski definition) is 4. The summed E-state index contributed by atoms with van der Waals surface area (Å²) in [5, 5.41) is 0. The third kappa shape index (κ3) is 2.66. The highest BCUT2D eigenvalue weighted by molar-refractivity contribution is 5.27. The van der Waals surface area contributed by atoms with E-state index >= 15 is 0 Å². The number of rotatable bonds is 4. The Kier molecular flexibility index (Phi) is 3.64. The summed E-state index contributed by atoms with van der Waals surface area (Å²) in [6.07, 6.45) is 4.64. The highest BCUT2D eigenvalue weighted by atomic mass is 15.2. The highest BCUT2D eigenvalue weighted by Crippen LogP contribution is 2.04. The summed E-state index contributed by atoms with van der Waals surface area (Å²) < 4.78 is 0. The van der Waals surface area contributed by atoms with Crippen molar-refractivity contribution in [3.63, 3.8) is 0 Å². The Morgan fingerprint density at radius 2 is 2.00 bits per heavy atom. The van der Waals surface area contributed by atoms with E-state index in [9.17, 15) is 0 Å².